The highest BCUT2D eigenvalue weighted by Gasteiger charge is 2.22. The summed E-state index contributed by atoms with van der Waals surface area (Å²) in [7, 11) is 0. The molecule has 0 bridgehead atoms. The van der Waals surface area contributed by atoms with Gasteiger partial charge in [-0.05, 0) is 73.4 Å². The topological polar surface area (TPSA) is 34.1 Å². The number of hydrogen-bond acceptors (Lipinski definition) is 3. The SMILES string of the molecule is CC(C)C1CCCc2cc(Cl)ccc21.CCC(=O)c1ccc(C(C)=O)s1. The molecule has 1 heterocycles. The molecule has 1 unspecified atom stereocenters. The van der Waals surface area contributed by atoms with Crippen molar-refractivity contribution in [3.8, 4) is 0 Å². The van der Waals surface area contributed by atoms with Gasteiger partial charge in [0.1, 0.15) is 0 Å². The van der Waals surface area contributed by atoms with E-state index in [2.05, 4.69) is 26.0 Å². The van der Waals surface area contributed by atoms with E-state index in [0.29, 0.717) is 16.2 Å². The fraction of sp³-hybridized carbons (Fsp3) is 0.455. The number of ketones is 2. The summed E-state index contributed by atoms with van der Waals surface area (Å²) in [5.41, 5.74) is 3.01. The van der Waals surface area contributed by atoms with E-state index in [1.54, 1.807) is 12.1 Å². The van der Waals surface area contributed by atoms with Crippen molar-refractivity contribution in [1.82, 2.24) is 0 Å². The third-order valence-electron chi connectivity index (χ3n) is 4.82. The van der Waals surface area contributed by atoms with E-state index >= 15 is 0 Å². The average Bonchev–Trinajstić information content (AvgIpc) is 3.11. The summed E-state index contributed by atoms with van der Waals surface area (Å²) >= 11 is 7.28. The van der Waals surface area contributed by atoms with Crippen LogP contribution in [0.2, 0.25) is 5.02 Å². The molecular formula is C22H27ClO2S. The second-order valence-electron chi connectivity index (χ2n) is 7.08. The number of benzene rings is 1. The van der Waals surface area contributed by atoms with Crippen molar-refractivity contribution in [2.45, 2.75) is 59.3 Å². The van der Waals surface area contributed by atoms with Crippen LogP contribution in [0.5, 0.6) is 0 Å². The number of halogens is 1. The second kappa shape index (κ2) is 9.48. The summed E-state index contributed by atoms with van der Waals surface area (Å²) in [4.78, 5) is 23.4. The summed E-state index contributed by atoms with van der Waals surface area (Å²) < 4.78 is 0. The number of carbonyl (C=O) groups is 2. The van der Waals surface area contributed by atoms with E-state index < -0.39 is 0 Å². The minimum absolute atomic E-state index is 0.0233. The maximum atomic E-state index is 11.1. The van der Waals surface area contributed by atoms with Crippen molar-refractivity contribution in [3.63, 3.8) is 0 Å². The zero-order valence-electron chi connectivity index (χ0n) is 16.0. The van der Waals surface area contributed by atoms with Gasteiger partial charge < -0.3 is 0 Å². The predicted octanol–water partition coefficient (Wildman–Crippen LogP) is 6.96. The molecule has 4 heteroatoms. The van der Waals surface area contributed by atoms with Crippen molar-refractivity contribution < 1.29 is 9.59 Å². The Balaban J connectivity index is 0.000000190. The van der Waals surface area contributed by atoms with Gasteiger partial charge in [-0.3, -0.25) is 9.59 Å². The maximum absolute atomic E-state index is 11.1. The van der Waals surface area contributed by atoms with Gasteiger partial charge in [0.2, 0.25) is 0 Å². The predicted molar refractivity (Wildman–Crippen MR) is 111 cm³/mol. The number of Topliss-reactive ketones (excluding diaryl/α,β-unsaturated/α-hetero) is 2. The molecule has 1 atom stereocenters. The van der Waals surface area contributed by atoms with Crippen molar-refractivity contribution >= 4 is 34.5 Å². The molecule has 0 N–H and O–H groups in total. The first-order valence-corrected chi connectivity index (χ1v) is 10.4. The molecule has 0 saturated heterocycles. The molecule has 1 aromatic carbocycles. The Hall–Kier alpha value is -1.45. The third kappa shape index (κ3) is 5.28. The van der Waals surface area contributed by atoms with Gasteiger partial charge in [-0.1, -0.05) is 38.4 Å². The summed E-state index contributed by atoms with van der Waals surface area (Å²) in [6.07, 6.45) is 4.36. The molecule has 26 heavy (non-hydrogen) atoms. The number of rotatable bonds is 4. The first-order chi connectivity index (χ1) is 12.3. The summed E-state index contributed by atoms with van der Waals surface area (Å²) in [5.74, 6) is 1.62. The van der Waals surface area contributed by atoms with Crippen molar-refractivity contribution in [1.29, 1.82) is 0 Å². The Morgan fingerprint density at radius 1 is 1.19 bits per heavy atom. The van der Waals surface area contributed by atoms with Crippen LogP contribution in [0.25, 0.3) is 0 Å². The standard InChI is InChI=1S/C13H17Cl.C9H10O2S/c1-9(2)12-5-3-4-10-8-11(14)6-7-13(10)12;1-3-7(11)9-5-4-8(12-9)6(2)10/h6-9,12H,3-5H2,1-2H3;4-5H,3H2,1-2H3. The number of carbonyl (C=O) groups excluding carboxylic acids is 2. The van der Waals surface area contributed by atoms with Crippen molar-refractivity contribution in [3.05, 3.63) is 56.2 Å². The zero-order valence-corrected chi connectivity index (χ0v) is 17.5. The molecule has 0 fully saturated rings. The first-order valence-electron chi connectivity index (χ1n) is 9.25. The highest BCUT2D eigenvalue weighted by molar-refractivity contribution is 7.16. The average molecular weight is 391 g/mol. The second-order valence-corrected chi connectivity index (χ2v) is 8.60. The fourth-order valence-corrected chi connectivity index (χ4v) is 4.47. The lowest BCUT2D eigenvalue weighted by molar-refractivity contribution is 0.0990. The molecule has 140 valence electrons. The van der Waals surface area contributed by atoms with Crippen LogP contribution in [-0.4, -0.2) is 11.6 Å². The third-order valence-corrected chi connectivity index (χ3v) is 6.28. The molecule has 2 nitrogen and oxygen atoms in total. The van der Waals surface area contributed by atoms with E-state index in [0.717, 1.165) is 16.9 Å². The van der Waals surface area contributed by atoms with E-state index in [4.69, 9.17) is 11.6 Å². The Labute approximate surface area is 165 Å². The number of thiophene rings is 1. The van der Waals surface area contributed by atoms with Crippen LogP contribution in [0, 0.1) is 5.92 Å². The van der Waals surface area contributed by atoms with E-state index in [-0.39, 0.29) is 11.6 Å². The van der Waals surface area contributed by atoms with Gasteiger partial charge in [0.05, 0.1) is 9.75 Å². The van der Waals surface area contributed by atoms with Crippen LogP contribution in [-0.2, 0) is 6.42 Å². The molecule has 1 aliphatic carbocycles. The molecule has 1 aliphatic rings. The van der Waals surface area contributed by atoms with Gasteiger partial charge in [0, 0.05) is 11.4 Å². The zero-order chi connectivity index (χ0) is 19.3. The summed E-state index contributed by atoms with van der Waals surface area (Å²) in [6.45, 7) is 7.95. The van der Waals surface area contributed by atoms with Gasteiger partial charge >= 0.3 is 0 Å². The van der Waals surface area contributed by atoms with Crippen LogP contribution >= 0.6 is 22.9 Å². The Morgan fingerprint density at radius 2 is 1.88 bits per heavy atom. The normalized spacial score (nSPS) is 15.8. The molecule has 3 rings (SSSR count). The molecule has 2 aromatic rings. The monoisotopic (exact) mass is 390 g/mol. The first kappa shape index (κ1) is 20.9. The van der Waals surface area contributed by atoms with Crippen LogP contribution in [0.3, 0.4) is 0 Å². The van der Waals surface area contributed by atoms with Crippen molar-refractivity contribution in [2.75, 3.05) is 0 Å². The van der Waals surface area contributed by atoms with Gasteiger partial charge in [0.15, 0.2) is 11.6 Å². The lowest BCUT2D eigenvalue weighted by Gasteiger charge is -2.28. The largest absolute Gasteiger partial charge is 0.294 e. The minimum atomic E-state index is 0.0233. The lowest BCUT2D eigenvalue weighted by Crippen LogP contribution is -2.14. The van der Waals surface area contributed by atoms with Gasteiger partial charge in [0.25, 0.3) is 0 Å². The molecule has 1 aromatic heterocycles. The van der Waals surface area contributed by atoms with Crippen LogP contribution in [0.1, 0.15) is 83.3 Å². The summed E-state index contributed by atoms with van der Waals surface area (Å²) in [5, 5.41) is 0.883. The quantitative estimate of drug-likeness (QED) is 0.528. The smallest absolute Gasteiger partial charge is 0.172 e. The number of fused-ring (bicyclic) bond motifs is 1. The lowest BCUT2D eigenvalue weighted by atomic mass is 9.77. The van der Waals surface area contributed by atoms with Gasteiger partial charge in [-0.15, -0.1) is 11.3 Å². The van der Waals surface area contributed by atoms with Crippen LogP contribution in [0.15, 0.2) is 30.3 Å². The molecule has 0 saturated carbocycles. The van der Waals surface area contributed by atoms with Crippen molar-refractivity contribution in [2.24, 2.45) is 5.92 Å². The number of aryl methyl sites for hydroxylation is 1. The van der Waals surface area contributed by atoms with Gasteiger partial charge in [-0.2, -0.15) is 0 Å². The Morgan fingerprint density at radius 3 is 2.46 bits per heavy atom. The molecular weight excluding hydrogens is 364 g/mol. The van der Waals surface area contributed by atoms with E-state index in [1.807, 2.05) is 13.0 Å². The van der Waals surface area contributed by atoms with E-state index in [9.17, 15) is 9.59 Å². The molecule has 0 amide bonds. The van der Waals surface area contributed by atoms with Gasteiger partial charge in [-0.25, -0.2) is 0 Å². The fourth-order valence-electron chi connectivity index (χ4n) is 3.36. The highest BCUT2D eigenvalue weighted by Crippen LogP contribution is 2.37. The summed E-state index contributed by atoms with van der Waals surface area (Å²) in [6, 6.07) is 9.82. The maximum Gasteiger partial charge on any atom is 0.172 e. The Bertz CT molecular complexity index is 776. The van der Waals surface area contributed by atoms with E-state index in [1.165, 1.54) is 48.6 Å². The molecule has 0 radical (unpaired) electrons. The van der Waals surface area contributed by atoms with Crippen LogP contribution in [0.4, 0.5) is 0 Å². The Kier molecular flexibility index (Phi) is 7.60. The molecule has 0 spiro atoms. The number of hydrogen-bond donors (Lipinski definition) is 0. The van der Waals surface area contributed by atoms with Crippen LogP contribution < -0.4 is 0 Å². The molecule has 0 aliphatic heterocycles. The minimum Gasteiger partial charge on any atom is -0.294 e. The highest BCUT2D eigenvalue weighted by atomic mass is 35.5.